The number of aryl methyl sites for hydroxylation is 2. The molecule has 0 fully saturated rings. The molecule has 0 aliphatic rings. The van der Waals surface area contributed by atoms with Gasteiger partial charge in [0.05, 0.1) is 0 Å². The lowest BCUT2D eigenvalue weighted by atomic mass is 10.2. The van der Waals surface area contributed by atoms with E-state index in [4.69, 9.17) is 9.84 Å². The number of nitrogens with zero attached hydrogens (tertiary/aromatic N) is 2. The Kier molecular flexibility index (Phi) is 4.66. The Morgan fingerprint density at radius 2 is 2.14 bits per heavy atom. The third-order valence-electron chi connectivity index (χ3n) is 2.73. The number of aromatic nitrogens is 2. The van der Waals surface area contributed by atoms with Gasteiger partial charge in [-0.25, -0.2) is 9.78 Å². The minimum Gasteiger partial charge on any atom is -0.487 e. The molecule has 0 aliphatic carbocycles. The highest BCUT2D eigenvalue weighted by Gasteiger charge is 2.05. The van der Waals surface area contributed by atoms with Crippen LogP contribution in [0.5, 0.6) is 5.75 Å². The molecule has 1 N–H and O–H groups in total. The van der Waals surface area contributed by atoms with Crippen molar-refractivity contribution in [2.75, 3.05) is 0 Å². The third-order valence-corrected chi connectivity index (χ3v) is 2.73. The van der Waals surface area contributed by atoms with Gasteiger partial charge in [0, 0.05) is 29.7 Å². The Morgan fingerprint density at radius 1 is 1.33 bits per heavy atom. The van der Waals surface area contributed by atoms with Gasteiger partial charge in [0.1, 0.15) is 18.1 Å². The topological polar surface area (TPSA) is 72.3 Å². The van der Waals surface area contributed by atoms with E-state index in [1.807, 2.05) is 26.0 Å². The molecule has 108 valence electrons. The van der Waals surface area contributed by atoms with Gasteiger partial charge in [0.15, 0.2) is 0 Å². The van der Waals surface area contributed by atoms with Crippen LogP contribution in [-0.4, -0.2) is 21.0 Å². The summed E-state index contributed by atoms with van der Waals surface area (Å²) in [6.45, 7) is 4.16. The maximum absolute atomic E-state index is 10.6. The monoisotopic (exact) mass is 284 g/mol. The van der Waals surface area contributed by atoms with Crippen LogP contribution in [0.4, 0.5) is 0 Å². The van der Waals surface area contributed by atoms with Crippen molar-refractivity contribution < 1.29 is 14.6 Å². The molecule has 0 amide bonds. The number of hydrogen-bond donors (Lipinski definition) is 1. The fraction of sp³-hybridized carbons (Fsp3) is 0.188. The van der Waals surface area contributed by atoms with Crippen molar-refractivity contribution in [3.05, 3.63) is 59.2 Å². The molecule has 0 radical (unpaired) electrons. The maximum atomic E-state index is 10.6. The van der Waals surface area contributed by atoms with Gasteiger partial charge in [0.25, 0.3) is 0 Å². The predicted molar refractivity (Wildman–Crippen MR) is 78.9 cm³/mol. The molecule has 0 bridgehead atoms. The quantitative estimate of drug-likeness (QED) is 0.855. The van der Waals surface area contributed by atoms with E-state index in [1.54, 1.807) is 18.5 Å². The highest BCUT2D eigenvalue weighted by atomic mass is 16.5. The summed E-state index contributed by atoms with van der Waals surface area (Å²) < 4.78 is 5.72. The van der Waals surface area contributed by atoms with Crippen LogP contribution in [0.1, 0.15) is 22.5 Å². The largest absolute Gasteiger partial charge is 0.487 e. The molecular weight excluding hydrogens is 268 g/mol. The first-order valence-corrected chi connectivity index (χ1v) is 6.46. The molecular formula is C16H16N2O3. The second kappa shape index (κ2) is 6.65. The number of aliphatic carboxylic acids is 1. The summed E-state index contributed by atoms with van der Waals surface area (Å²) in [5, 5.41) is 8.71. The van der Waals surface area contributed by atoms with E-state index in [9.17, 15) is 4.79 Å². The second-order valence-corrected chi connectivity index (χ2v) is 4.67. The number of carboxylic acid groups (broad SMARTS) is 1. The zero-order valence-corrected chi connectivity index (χ0v) is 11.9. The number of rotatable bonds is 5. The Labute approximate surface area is 122 Å². The molecule has 0 unspecified atom stereocenters. The Balaban J connectivity index is 2.17. The van der Waals surface area contributed by atoms with Crippen LogP contribution in [0, 0.1) is 13.8 Å². The van der Waals surface area contributed by atoms with E-state index in [2.05, 4.69) is 9.97 Å². The summed E-state index contributed by atoms with van der Waals surface area (Å²) >= 11 is 0. The smallest absolute Gasteiger partial charge is 0.328 e. The Bertz CT molecular complexity index is 681. The molecule has 0 spiro atoms. The summed E-state index contributed by atoms with van der Waals surface area (Å²) in [4.78, 5) is 19.0. The van der Waals surface area contributed by atoms with E-state index in [0.717, 1.165) is 22.9 Å². The van der Waals surface area contributed by atoms with Crippen LogP contribution in [0.2, 0.25) is 0 Å². The zero-order chi connectivity index (χ0) is 15.2. The zero-order valence-electron chi connectivity index (χ0n) is 11.9. The van der Waals surface area contributed by atoms with E-state index < -0.39 is 5.97 Å². The van der Waals surface area contributed by atoms with Gasteiger partial charge in [-0.05, 0) is 43.7 Å². The highest BCUT2D eigenvalue weighted by molar-refractivity contribution is 5.85. The molecule has 2 rings (SSSR count). The summed E-state index contributed by atoms with van der Waals surface area (Å²) in [6.07, 6.45) is 5.99. The number of hydrogen-bond acceptors (Lipinski definition) is 4. The number of pyridine rings is 2. The lowest BCUT2D eigenvalue weighted by Gasteiger charge is -2.09. The molecule has 5 nitrogen and oxygen atoms in total. The van der Waals surface area contributed by atoms with Gasteiger partial charge in [-0.2, -0.15) is 0 Å². The SMILES string of the molecule is Cc1cncc(COc2ccc(C)nc2/C=C/C(=O)O)c1. The molecule has 21 heavy (non-hydrogen) atoms. The van der Waals surface area contributed by atoms with Gasteiger partial charge in [-0.1, -0.05) is 0 Å². The average molecular weight is 284 g/mol. The summed E-state index contributed by atoms with van der Waals surface area (Å²) in [5.74, 6) is -0.480. The van der Waals surface area contributed by atoms with Crippen LogP contribution >= 0.6 is 0 Å². The summed E-state index contributed by atoms with van der Waals surface area (Å²) in [6, 6.07) is 5.59. The van der Waals surface area contributed by atoms with Gasteiger partial charge in [-0.3, -0.25) is 4.98 Å². The normalized spacial score (nSPS) is 10.8. The number of carbonyl (C=O) groups is 1. The predicted octanol–water partition coefficient (Wildman–Crippen LogP) is 2.77. The van der Waals surface area contributed by atoms with E-state index in [0.29, 0.717) is 18.1 Å². The van der Waals surface area contributed by atoms with Crippen LogP contribution in [0.25, 0.3) is 6.08 Å². The second-order valence-electron chi connectivity index (χ2n) is 4.67. The molecule has 0 aliphatic heterocycles. The van der Waals surface area contributed by atoms with Gasteiger partial charge >= 0.3 is 5.97 Å². The number of carboxylic acids is 1. The van der Waals surface area contributed by atoms with Crippen LogP contribution in [-0.2, 0) is 11.4 Å². The Hall–Kier alpha value is -2.69. The highest BCUT2D eigenvalue weighted by Crippen LogP contribution is 2.20. The van der Waals surface area contributed by atoms with Crippen molar-refractivity contribution in [3.63, 3.8) is 0 Å². The van der Waals surface area contributed by atoms with Crippen molar-refractivity contribution in [2.45, 2.75) is 20.5 Å². The molecule has 2 heterocycles. The third kappa shape index (κ3) is 4.42. The first-order chi connectivity index (χ1) is 10.0. The van der Waals surface area contributed by atoms with Crippen LogP contribution in [0.15, 0.2) is 36.7 Å². The van der Waals surface area contributed by atoms with E-state index in [1.165, 1.54) is 6.08 Å². The number of ether oxygens (including phenoxy) is 1. The summed E-state index contributed by atoms with van der Waals surface area (Å²) in [7, 11) is 0. The lowest BCUT2D eigenvalue weighted by molar-refractivity contribution is -0.131. The molecule has 0 saturated heterocycles. The van der Waals surface area contributed by atoms with E-state index in [-0.39, 0.29) is 0 Å². The fourth-order valence-electron chi connectivity index (χ4n) is 1.81. The standard InChI is InChI=1S/C16H16N2O3/c1-11-7-13(9-17-8-11)10-21-15-5-3-12(2)18-14(15)4-6-16(19)20/h3-9H,10H2,1-2H3,(H,19,20)/b6-4+. The average Bonchev–Trinajstić information content (AvgIpc) is 2.44. The Morgan fingerprint density at radius 3 is 2.86 bits per heavy atom. The van der Waals surface area contributed by atoms with Crippen LogP contribution < -0.4 is 4.74 Å². The van der Waals surface area contributed by atoms with Crippen LogP contribution in [0.3, 0.4) is 0 Å². The molecule has 5 heteroatoms. The fourth-order valence-corrected chi connectivity index (χ4v) is 1.81. The maximum Gasteiger partial charge on any atom is 0.328 e. The molecule has 0 aromatic carbocycles. The molecule has 0 atom stereocenters. The molecule has 0 saturated carbocycles. The van der Waals surface area contributed by atoms with Crippen molar-refractivity contribution in [1.82, 2.24) is 9.97 Å². The lowest BCUT2D eigenvalue weighted by Crippen LogP contribution is -2.00. The van der Waals surface area contributed by atoms with Gasteiger partial charge in [0.2, 0.25) is 0 Å². The summed E-state index contributed by atoms with van der Waals surface area (Å²) in [5.41, 5.74) is 3.30. The molecule has 2 aromatic heterocycles. The van der Waals surface area contributed by atoms with Gasteiger partial charge in [-0.15, -0.1) is 0 Å². The minimum absolute atomic E-state index is 0.354. The van der Waals surface area contributed by atoms with E-state index >= 15 is 0 Å². The van der Waals surface area contributed by atoms with Crippen molar-refractivity contribution >= 4 is 12.0 Å². The first-order valence-electron chi connectivity index (χ1n) is 6.46. The minimum atomic E-state index is -1.02. The van der Waals surface area contributed by atoms with Crippen molar-refractivity contribution in [2.24, 2.45) is 0 Å². The van der Waals surface area contributed by atoms with Crippen molar-refractivity contribution in [1.29, 1.82) is 0 Å². The van der Waals surface area contributed by atoms with Gasteiger partial charge < -0.3 is 9.84 Å². The van der Waals surface area contributed by atoms with Crippen molar-refractivity contribution in [3.8, 4) is 5.75 Å². The molecule has 2 aromatic rings. The first kappa shape index (κ1) is 14.7.